The summed E-state index contributed by atoms with van der Waals surface area (Å²) in [5, 5.41) is 0. The molecule has 1 aromatic carbocycles. The Morgan fingerprint density at radius 2 is 1.76 bits per heavy atom. The molecule has 1 aliphatic carbocycles. The standard InChI is InChI=1S/C15H19NO/c1-12-4-2-3-5-14(12)15(8-9-15)16-10-6-13(17)7-11-16/h2-5H,6-11H2,1H3. The molecule has 2 fully saturated rings. The quantitative estimate of drug-likeness (QED) is 0.777. The molecule has 1 aliphatic heterocycles. The fraction of sp³-hybridized carbons (Fsp3) is 0.533. The van der Waals surface area contributed by atoms with Crippen molar-refractivity contribution < 1.29 is 4.79 Å². The number of likely N-dealkylation sites (tertiary alicyclic amines) is 1. The number of ketones is 1. The number of carbonyl (C=O) groups excluding carboxylic acids is 1. The molecule has 1 saturated heterocycles. The topological polar surface area (TPSA) is 20.3 Å². The van der Waals surface area contributed by atoms with Gasteiger partial charge in [-0.25, -0.2) is 0 Å². The molecular formula is C15H19NO. The molecule has 90 valence electrons. The van der Waals surface area contributed by atoms with Crippen LogP contribution in [0, 0.1) is 6.92 Å². The maximum Gasteiger partial charge on any atom is 0.135 e. The molecule has 0 bridgehead atoms. The third-order valence-corrected chi connectivity index (χ3v) is 4.30. The minimum absolute atomic E-state index is 0.270. The first-order valence-electron chi connectivity index (χ1n) is 6.55. The summed E-state index contributed by atoms with van der Waals surface area (Å²) in [4.78, 5) is 13.9. The van der Waals surface area contributed by atoms with E-state index in [4.69, 9.17) is 0 Å². The van der Waals surface area contributed by atoms with Crippen molar-refractivity contribution in [1.29, 1.82) is 0 Å². The van der Waals surface area contributed by atoms with Gasteiger partial charge in [0.15, 0.2) is 0 Å². The number of benzene rings is 1. The molecule has 1 aromatic rings. The van der Waals surface area contributed by atoms with E-state index in [1.807, 2.05) is 0 Å². The number of Topliss-reactive ketones (excluding diaryl/α,β-unsaturated/α-hetero) is 1. The molecule has 0 unspecified atom stereocenters. The van der Waals surface area contributed by atoms with Gasteiger partial charge in [-0.15, -0.1) is 0 Å². The van der Waals surface area contributed by atoms with Crippen LogP contribution in [-0.4, -0.2) is 23.8 Å². The van der Waals surface area contributed by atoms with E-state index in [0.29, 0.717) is 5.78 Å². The number of nitrogens with zero attached hydrogens (tertiary/aromatic N) is 1. The Balaban J connectivity index is 1.87. The third-order valence-electron chi connectivity index (χ3n) is 4.30. The van der Waals surface area contributed by atoms with Crippen LogP contribution in [0.1, 0.15) is 36.8 Å². The second kappa shape index (κ2) is 3.95. The molecule has 2 nitrogen and oxygen atoms in total. The van der Waals surface area contributed by atoms with Crippen LogP contribution in [0.2, 0.25) is 0 Å². The monoisotopic (exact) mass is 229 g/mol. The molecule has 0 N–H and O–H groups in total. The lowest BCUT2D eigenvalue weighted by molar-refractivity contribution is -0.122. The van der Waals surface area contributed by atoms with Crippen LogP contribution in [0.4, 0.5) is 0 Å². The molecule has 1 heterocycles. The SMILES string of the molecule is Cc1ccccc1C1(N2CCC(=O)CC2)CC1. The summed E-state index contributed by atoms with van der Waals surface area (Å²) < 4.78 is 0. The van der Waals surface area contributed by atoms with Gasteiger partial charge in [0.1, 0.15) is 5.78 Å². The lowest BCUT2D eigenvalue weighted by Crippen LogP contribution is -2.42. The molecule has 1 saturated carbocycles. The van der Waals surface area contributed by atoms with Crippen molar-refractivity contribution in [2.45, 2.75) is 38.1 Å². The van der Waals surface area contributed by atoms with Gasteiger partial charge in [-0.2, -0.15) is 0 Å². The van der Waals surface area contributed by atoms with E-state index in [9.17, 15) is 4.79 Å². The summed E-state index contributed by atoms with van der Waals surface area (Å²) >= 11 is 0. The zero-order valence-electron chi connectivity index (χ0n) is 10.4. The van der Waals surface area contributed by atoms with Crippen molar-refractivity contribution in [3.05, 3.63) is 35.4 Å². The average molecular weight is 229 g/mol. The largest absolute Gasteiger partial charge is 0.300 e. The van der Waals surface area contributed by atoms with E-state index in [1.165, 1.54) is 24.0 Å². The average Bonchev–Trinajstić information content (AvgIpc) is 3.12. The first kappa shape index (κ1) is 11.0. The highest BCUT2D eigenvalue weighted by Crippen LogP contribution is 2.52. The van der Waals surface area contributed by atoms with Gasteiger partial charge in [0.05, 0.1) is 0 Å². The predicted octanol–water partition coefficient (Wildman–Crippen LogP) is 2.65. The Hall–Kier alpha value is -1.15. The predicted molar refractivity (Wildman–Crippen MR) is 67.9 cm³/mol. The third kappa shape index (κ3) is 1.81. The molecular weight excluding hydrogens is 210 g/mol. The van der Waals surface area contributed by atoms with Gasteiger partial charge >= 0.3 is 0 Å². The van der Waals surface area contributed by atoms with Crippen LogP contribution < -0.4 is 0 Å². The van der Waals surface area contributed by atoms with Crippen molar-refractivity contribution in [3.8, 4) is 0 Å². The Kier molecular flexibility index (Phi) is 2.55. The van der Waals surface area contributed by atoms with Crippen LogP contribution in [0.15, 0.2) is 24.3 Å². The Bertz CT molecular complexity index is 438. The Morgan fingerprint density at radius 1 is 1.12 bits per heavy atom. The van der Waals surface area contributed by atoms with Gasteiger partial charge < -0.3 is 0 Å². The van der Waals surface area contributed by atoms with Crippen molar-refractivity contribution in [2.75, 3.05) is 13.1 Å². The minimum Gasteiger partial charge on any atom is -0.300 e. The van der Waals surface area contributed by atoms with Gasteiger partial charge in [-0.1, -0.05) is 24.3 Å². The second-order valence-electron chi connectivity index (χ2n) is 5.37. The van der Waals surface area contributed by atoms with E-state index in [2.05, 4.69) is 36.1 Å². The summed E-state index contributed by atoms with van der Waals surface area (Å²) in [7, 11) is 0. The first-order valence-corrected chi connectivity index (χ1v) is 6.55. The number of carbonyl (C=O) groups is 1. The maximum atomic E-state index is 11.3. The normalized spacial score (nSPS) is 23.7. The van der Waals surface area contributed by atoms with E-state index < -0.39 is 0 Å². The Morgan fingerprint density at radius 3 is 2.35 bits per heavy atom. The van der Waals surface area contributed by atoms with Crippen LogP contribution in [-0.2, 0) is 10.3 Å². The lowest BCUT2D eigenvalue weighted by atomic mass is 9.95. The number of rotatable bonds is 2. The highest BCUT2D eigenvalue weighted by Gasteiger charge is 2.50. The van der Waals surface area contributed by atoms with Gasteiger partial charge in [0.2, 0.25) is 0 Å². The molecule has 2 heteroatoms. The summed E-state index contributed by atoms with van der Waals surface area (Å²) in [6, 6.07) is 8.70. The fourth-order valence-electron chi connectivity index (χ4n) is 3.15. The van der Waals surface area contributed by atoms with Crippen molar-refractivity contribution in [2.24, 2.45) is 0 Å². The number of aryl methyl sites for hydroxylation is 1. The highest BCUT2D eigenvalue weighted by molar-refractivity contribution is 5.79. The Labute approximate surface area is 103 Å². The number of hydrogen-bond acceptors (Lipinski definition) is 2. The van der Waals surface area contributed by atoms with E-state index >= 15 is 0 Å². The molecule has 17 heavy (non-hydrogen) atoms. The van der Waals surface area contributed by atoms with Crippen molar-refractivity contribution >= 4 is 5.78 Å². The number of piperidine rings is 1. The molecule has 0 aromatic heterocycles. The molecule has 0 amide bonds. The molecule has 0 spiro atoms. The summed E-state index contributed by atoms with van der Waals surface area (Å²) in [5.74, 6) is 0.432. The minimum atomic E-state index is 0.270. The fourth-order valence-corrected chi connectivity index (χ4v) is 3.15. The van der Waals surface area contributed by atoms with Crippen LogP contribution in [0.25, 0.3) is 0 Å². The molecule has 3 rings (SSSR count). The van der Waals surface area contributed by atoms with E-state index in [0.717, 1.165) is 25.9 Å². The van der Waals surface area contributed by atoms with Crippen molar-refractivity contribution in [1.82, 2.24) is 4.90 Å². The zero-order chi connectivity index (χ0) is 11.9. The molecule has 0 atom stereocenters. The summed E-state index contributed by atoms with van der Waals surface area (Å²) in [6.07, 6.45) is 4.00. The van der Waals surface area contributed by atoms with Crippen LogP contribution in [0.3, 0.4) is 0 Å². The maximum absolute atomic E-state index is 11.3. The van der Waals surface area contributed by atoms with Crippen LogP contribution in [0.5, 0.6) is 0 Å². The van der Waals surface area contributed by atoms with E-state index in [-0.39, 0.29) is 5.54 Å². The molecule has 0 radical (unpaired) electrons. The summed E-state index contributed by atoms with van der Waals surface area (Å²) in [5.41, 5.74) is 3.14. The zero-order valence-corrected chi connectivity index (χ0v) is 10.4. The van der Waals surface area contributed by atoms with Crippen LogP contribution >= 0.6 is 0 Å². The van der Waals surface area contributed by atoms with Gasteiger partial charge in [0.25, 0.3) is 0 Å². The number of hydrogen-bond donors (Lipinski definition) is 0. The van der Waals surface area contributed by atoms with Gasteiger partial charge in [0, 0.05) is 31.5 Å². The lowest BCUT2D eigenvalue weighted by Gasteiger charge is -2.35. The summed E-state index contributed by atoms with van der Waals surface area (Å²) in [6.45, 7) is 4.10. The highest BCUT2D eigenvalue weighted by atomic mass is 16.1. The van der Waals surface area contributed by atoms with E-state index in [1.54, 1.807) is 0 Å². The van der Waals surface area contributed by atoms with Gasteiger partial charge in [-0.05, 0) is 30.9 Å². The smallest absolute Gasteiger partial charge is 0.135 e. The molecule has 2 aliphatic rings. The first-order chi connectivity index (χ1) is 8.22. The second-order valence-corrected chi connectivity index (χ2v) is 5.37. The van der Waals surface area contributed by atoms with Crippen molar-refractivity contribution in [3.63, 3.8) is 0 Å². The van der Waals surface area contributed by atoms with Gasteiger partial charge in [-0.3, -0.25) is 9.69 Å².